The third-order valence-electron chi connectivity index (χ3n) is 4.10. The van der Waals surface area contributed by atoms with E-state index < -0.39 is 5.97 Å². The first-order valence-corrected chi connectivity index (χ1v) is 7.48. The Morgan fingerprint density at radius 1 is 1.15 bits per heavy atom. The van der Waals surface area contributed by atoms with Crippen molar-refractivity contribution >= 4 is 11.9 Å². The molecular formula is C14H24N2O4. The molecule has 2 rings (SSSR count). The highest BCUT2D eigenvalue weighted by atomic mass is 16.5. The highest BCUT2D eigenvalue weighted by Gasteiger charge is 2.28. The monoisotopic (exact) mass is 284 g/mol. The summed E-state index contributed by atoms with van der Waals surface area (Å²) in [4.78, 5) is 27.2. The molecule has 1 atom stereocenters. The van der Waals surface area contributed by atoms with Gasteiger partial charge >= 0.3 is 5.97 Å². The van der Waals surface area contributed by atoms with E-state index >= 15 is 0 Å². The van der Waals surface area contributed by atoms with Gasteiger partial charge in [-0.15, -0.1) is 0 Å². The molecule has 0 saturated carbocycles. The Morgan fingerprint density at radius 3 is 2.60 bits per heavy atom. The Bertz CT molecular complexity index is 342. The molecule has 1 unspecified atom stereocenters. The van der Waals surface area contributed by atoms with Crippen molar-refractivity contribution in [3.8, 4) is 0 Å². The second kappa shape index (κ2) is 7.59. The van der Waals surface area contributed by atoms with Crippen LogP contribution in [0, 0.1) is 0 Å². The van der Waals surface area contributed by atoms with Crippen LogP contribution < -0.4 is 0 Å². The van der Waals surface area contributed by atoms with Crippen molar-refractivity contribution in [2.75, 3.05) is 39.4 Å². The van der Waals surface area contributed by atoms with Crippen LogP contribution in [0.4, 0.5) is 0 Å². The number of morpholine rings is 1. The molecule has 0 radical (unpaired) electrons. The average Bonchev–Trinajstić information content (AvgIpc) is 2.46. The lowest BCUT2D eigenvalue weighted by molar-refractivity contribution is -0.141. The topological polar surface area (TPSA) is 70.1 Å². The molecule has 1 amide bonds. The first kappa shape index (κ1) is 15.3. The van der Waals surface area contributed by atoms with Gasteiger partial charge in [-0.3, -0.25) is 14.5 Å². The summed E-state index contributed by atoms with van der Waals surface area (Å²) < 4.78 is 5.28. The van der Waals surface area contributed by atoms with Crippen LogP contribution in [0.5, 0.6) is 0 Å². The molecule has 0 aliphatic carbocycles. The van der Waals surface area contributed by atoms with Crippen molar-refractivity contribution in [2.45, 2.75) is 38.1 Å². The number of carbonyl (C=O) groups excluding carboxylic acids is 1. The second-order valence-corrected chi connectivity index (χ2v) is 5.56. The lowest BCUT2D eigenvalue weighted by Crippen LogP contribution is -2.50. The zero-order valence-corrected chi connectivity index (χ0v) is 11.9. The van der Waals surface area contributed by atoms with Gasteiger partial charge in [-0.25, -0.2) is 0 Å². The summed E-state index contributed by atoms with van der Waals surface area (Å²) in [6.07, 6.45) is 3.77. The Labute approximate surface area is 119 Å². The van der Waals surface area contributed by atoms with Crippen LogP contribution >= 0.6 is 0 Å². The van der Waals surface area contributed by atoms with E-state index in [1.807, 2.05) is 4.90 Å². The van der Waals surface area contributed by atoms with Gasteiger partial charge in [0.05, 0.1) is 19.8 Å². The summed E-state index contributed by atoms with van der Waals surface area (Å²) in [6.45, 7) is 4.20. The number of carbonyl (C=O) groups is 2. The van der Waals surface area contributed by atoms with E-state index in [1.54, 1.807) is 0 Å². The first-order valence-electron chi connectivity index (χ1n) is 7.48. The fourth-order valence-electron chi connectivity index (χ4n) is 2.96. The maximum Gasteiger partial charge on any atom is 0.303 e. The molecule has 20 heavy (non-hydrogen) atoms. The predicted octanol–water partition coefficient (Wildman–Crippen LogP) is 0.565. The Balaban J connectivity index is 1.85. The van der Waals surface area contributed by atoms with Crippen molar-refractivity contribution in [1.29, 1.82) is 0 Å². The minimum absolute atomic E-state index is 0.105. The van der Waals surface area contributed by atoms with Crippen LogP contribution in [0.3, 0.4) is 0 Å². The number of ether oxygens (including phenoxy) is 1. The number of piperidine rings is 1. The van der Waals surface area contributed by atoms with Crippen LogP contribution in [-0.4, -0.2) is 72.2 Å². The molecule has 2 aliphatic heterocycles. The van der Waals surface area contributed by atoms with Gasteiger partial charge in [0, 0.05) is 32.1 Å². The normalized spacial score (nSPS) is 24.6. The molecule has 2 fully saturated rings. The summed E-state index contributed by atoms with van der Waals surface area (Å²) in [5.74, 6) is -0.641. The first-order chi connectivity index (χ1) is 9.66. The van der Waals surface area contributed by atoms with E-state index in [9.17, 15) is 9.59 Å². The van der Waals surface area contributed by atoms with Gasteiger partial charge in [-0.2, -0.15) is 0 Å². The van der Waals surface area contributed by atoms with Crippen LogP contribution in [0.1, 0.15) is 32.1 Å². The van der Waals surface area contributed by atoms with Gasteiger partial charge < -0.3 is 14.7 Å². The number of carboxylic acid groups (broad SMARTS) is 1. The van der Waals surface area contributed by atoms with Crippen molar-refractivity contribution in [1.82, 2.24) is 9.80 Å². The molecule has 1 N–H and O–H groups in total. The van der Waals surface area contributed by atoms with Crippen LogP contribution in [0.25, 0.3) is 0 Å². The van der Waals surface area contributed by atoms with Crippen LogP contribution in [0.15, 0.2) is 0 Å². The summed E-state index contributed by atoms with van der Waals surface area (Å²) in [7, 11) is 0. The van der Waals surface area contributed by atoms with Gasteiger partial charge in [0.25, 0.3) is 0 Å². The largest absolute Gasteiger partial charge is 0.481 e. The molecule has 0 aromatic rings. The molecular weight excluding hydrogens is 260 g/mol. The number of aliphatic carboxylic acids is 1. The maximum atomic E-state index is 12.4. The van der Waals surface area contributed by atoms with Gasteiger partial charge in [0.1, 0.15) is 0 Å². The Morgan fingerprint density at radius 2 is 1.90 bits per heavy atom. The average molecular weight is 284 g/mol. The smallest absolute Gasteiger partial charge is 0.303 e. The fourth-order valence-corrected chi connectivity index (χ4v) is 2.96. The van der Waals surface area contributed by atoms with Crippen molar-refractivity contribution in [2.24, 2.45) is 0 Å². The number of nitrogens with zero attached hydrogens (tertiary/aromatic N) is 2. The fraction of sp³-hybridized carbons (Fsp3) is 0.857. The zero-order valence-electron chi connectivity index (χ0n) is 11.9. The molecule has 2 heterocycles. The molecule has 0 spiro atoms. The van der Waals surface area contributed by atoms with Crippen LogP contribution in [-0.2, 0) is 14.3 Å². The number of amides is 1. The quantitative estimate of drug-likeness (QED) is 0.799. The number of hydrogen-bond donors (Lipinski definition) is 1. The molecule has 2 saturated heterocycles. The van der Waals surface area contributed by atoms with E-state index in [-0.39, 0.29) is 18.4 Å². The number of rotatable bonds is 5. The van der Waals surface area contributed by atoms with Crippen molar-refractivity contribution < 1.29 is 19.4 Å². The van der Waals surface area contributed by atoms with E-state index in [4.69, 9.17) is 9.84 Å². The molecule has 0 aromatic carbocycles. The van der Waals surface area contributed by atoms with E-state index in [1.165, 1.54) is 0 Å². The third-order valence-corrected chi connectivity index (χ3v) is 4.10. The van der Waals surface area contributed by atoms with Crippen molar-refractivity contribution in [3.05, 3.63) is 0 Å². The van der Waals surface area contributed by atoms with Gasteiger partial charge in [0.15, 0.2) is 0 Å². The number of carboxylic acids is 1. The van der Waals surface area contributed by atoms with E-state index in [2.05, 4.69) is 4.90 Å². The SMILES string of the molecule is O=C(O)CCC1CCCCN1C(=O)CN1CCOCC1. The molecule has 2 aliphatic rings. The van der Waals surface area contributed by atoms with E-state index in [0.29, 0.717) is 26.2 Å². The maximum absolute atomic E-state index is 12.4. The lowest BCUT2D eigenvalue weighted by Gasteiger charge is -2.37. The standard InChI is InChI=1S/C14H24N2O4/c17-13(11-15-7-9-20-10-8-15)16-6-2-1-3-12(16)4-5-14(18)19/h12H,1-11H2,(H,18,19). The summed E-state index contributed by atoms with van der Waals surface area (Å²) in [5.41, 5.74) is 0. The molecule has 0 bridgehead atoms. The highest BCUT2D eigenvalue weighted by Crippen LogP contribution is 2.21. The van der Waals surface area contributed by atoms with Gasteiger partial charge in [-0.1, -0.05) is 0 Å². The number of hydrogen-bond acceptors (Lipinski definition) is 4. The van der Waals surface area contributed by atoms with Crippen molar-refractivity contribution in [3.63, 3.8) is 0 Å². The highest BCUT2D eigenvalue weighted by molar-refractivity contribution is 5.78. The lowest BCUT2D eigenvalue weighted by atomic mass is 9.98. The van der Waals surface area contributed by atoms with Crippen LogP contribution in [0.2, 0.25) is 0 Å². The van der Waals surface area contributed by atoms with E-state index in [0.717, 1.165) is 38.9 Å². The molecule has 0 aromatic heterocycles. The van der Waals surface area contributed by atoms with Gasteiger partial charge in [0.2, 0.25) is 5.91 Å². The van der Waals surface area contributed by atoms with Gasteiger partial charge in [-0.05, 0) is 25.7 Å². The predicted molar refractivity (Wildman–Crippen MR) is 73.5 cm³/mol. The summed E-state index contributed by atoms with van der Waals surface area (Å²) >= 11 is 0. The zero-order chi connectivity index (χ0) is 14.4. The third kappa shape index (κ3) is 4.45. The summed E-state index contributed by atoms with van der Waals surface area (Å²) in [5, 5.41) is 8.80. The summed E-state index contributed by atoms with van der Waals surface area (Å²) in [6, 6.07) is 0.105. The minimum Gasteiger partial charge on any atom is -0.481 e. The second-order valence-electron chi connectivity index (χ2n) is 5.56. The Kier molecular flexibility index (Phi) is 5.79. The number of likely N-dealkylation sites (tertiary alicyclic amines) is 1. The molecule has 6 nitrogen and oxygen atoms in total. The molecule has 6 heteroatoms. The minimum atomic E-state index is -0.781. The molecule has 114 valence electrons. The Hall–Kier alpha value is -1.14.